The highest BCUT2D eigenvalue weighted by Crippen LogP contribution is 2.51. The summed E-state index contributed by atoms with van der Waals surface area (Å²) in [7, 11) is 2.12. The third-order valence-electron chi connectivity index (χ3n) is 6.41. The Morgan fingerprint density at radius 2 is 1.62 bits per heavy atom. The Balaban J connectivity index is 1.87. The normalized spacial score (nSPS) is 12.6. The molecule has 1 aliphatic rings. The predicted molar refractivity (Wildman–Crippen MR) is 117 cm³/mol. The molecular formula is C26H22NO2+. The summed E-state index contributed by atoms with van der Waals surface area (Å²) in [5.41, 5.74) is 9.13. The van der Waals surface area contributed by atoms with Crippen LogP contribution in [0.1, 0.15) is 22.3 Å². The van der Waals surface area contributed by atoms with E-state index in [-0.39, 0.29) is 0 Å². The van der Waals surface area contributed by atoms with Crippen molar-refractivity contribution < 1.29 is 13.7 Å². The molecule has 0 spiro atoms. The zero-order valence-corrected chi connectivity index (χ0v) is 17.3. The standard InChI is InChI=1S/C26H22NO2/c1-13-6-7-17-19(10-13)28-20-12-21-24-18(23(17)20)8-9-27(5)25(24)22-16(4)14(2)11-15(3)26(22)29-21/h6-12H,1-5H3/q+1. The zero-order chi connectivity index (χ0) is 20.0. The van der Waals surface area contributed by atoms with Crippen molar-refractivity contribution >= 4 is 32.7 Å². The molecule has 0 atom stereocenters. The maximum absolute atomic E-state index is 6.53. The summed E-state index contributed by atoms with van der Waals surface area (Å²) in [6.45, 7) is 8.58. The van der Waals surface area contributed by atoms with E-state index in [2.05, 4.69) is 81.9 Å². The van der Waals surface area contributed by atoms with Gasteiger partial charge in [-0.15, -0.1) is 0 Å². The second-order valence-corrected chi connectivity index (χ2v) is 8.35. The molecule has 2 aromatic heterocycles. The fourth-order valence-electron chi connectivity index (χ4n) is 4.87. The van der Waals surface area contributed by atoms with Gasteiger partial charge >= 0.3 is 0 Å². The van der Waals surface area contributed by atoms with E-state index in [1.54, 1.807) is 0 Å². The maximum atomic E-state index is 6.53. The first-order chi connectivity index (χ1) is 13.9. The molecule has 3 heteroatoms. The summed E-state index contributed by atoms with van der Waals surface area (Å²) in [5, 5.41) is 4.65. The van der Waals surface area contributed by atoms with Crippen molar-refractivity contribution in [3.8, 4) is 22.8 Å². The van der Waals surface area contributed by atoms with E-state index in [9.17, 15) is 0 Å². The number of rotatable bonds is 0. The zero-order valence-electron chi connectivity index (χ0n) is 17.3. The number of furan rings is 1. The molecule has 3 nitrogen and oxygen atoms in total. The molecule has 6 rings (SSSR count). The number of aryl methyl sites for hydroxylation is 4. The van der Waals surface area contributed by atoms with E-state index in [0.717, 1.165) is 44.4 Å². The summed E-state index contributed by atoms with van der Waals surface area (Å²) in [4.78, 5) is 0. The fourth-order valence-corrected chi connectivity index (χ4v) is 4.87. The third kappa shape index (κ3) is 2.05. The first-order valence-electron chi connectivity index (χ1n) is 10.0. The van der Waals surface area contributed by atoms with Crippen LogP contribution >= 0.6 is 0 Å². The van der Waals surface area contributed by atoms with Crippen LogP contribution in [0, 0.1) is 27.7 Å². The predicted octanol–water partition coefficient (Wildman–Crippen LogP) is 6.57. The van der Waals surface area contributed by atoms with E-state index >= 15 is 0 Å². The van der Waals surface area contributed by atoms with Crippen molar-refractivity contribution in [1.82, 2.24) is 0 Å². The molecule has 0 saturated heterocycles. The van der Waals surface area contributed by atoms with Crippen LogP contribution in [0.4, 0.5) is 0 Å². The highest BCUT2D eigenvalue weighted by molar-refractivity contribution is 6.22. The number of fused-ring (bicyclic) bond motifs is 6. The van der Waals surface area contributed by atoms with E-state index in [1.807, 2.05) is 0 Å². The molecule has 0 fully saturated rings. The number of aromatic nitrogens is 1. The van der Waals surface area contributed by atoms with Crippen molar-refractivity contribution in [3.05, 3.63) is 64.8 Å². The Hall–Kier alpha value is -3.33. The molecule has 29 heavy (non-hydrogen) atoms. The molecule has 0 amide bonds. The molecule has 3 aromatic carbocycles. The van der Waals surface area contributed by atoms with Crippen LogP contribution in [-0.2, 0) is 7.05 Å². The Morgan fingerprint density at radius 3 is 2.45 bits per heavy atom. The van der Waals surface area contributed by atoms with Crippen molar-refractivity contribution in [1.29, 1.82) is 0 Å². The van der Waals surface area contributed by atoms with E-state index in [1.165, 1.54) is 33.3 Å². The van der Waals surface area contributed by atoms with Crippen LogP contribution in [0.25, 0.3) is 44.0 Å². The van der Waals surface area contributed by atoms with Crippen molar-refractivity contribution in [3.63, 3.8) is 0 Å². The summed E-state index contributed by atoms with van der Waals surface area (Å²) < 4.78 is 15.0. The summed E-state index contributed by atoms with van der Waals surface area (Å²) in [6.07, 6.45) is 2.15. The SMILES string of the molecule is Cc1ccc2c(c1)oc1cc3c4c([n+](C)ccc4c12)-c1c(C)c(C)cc(C)c1O3. The van der Waals surface area contributed by atoms with E-state index < -0.39 is 0 Å². The summed E-state index contributed by atoms with van der Waals surface area (Å²) in [5.74, 6) is 1.82. The largest absolute Gasteiger partial charge is 0.456 e. The smallest absolute Gasteiger partial charge is 0.228 e. The number of benzene rings is 3. The van der Waals surface area contributed by atoms with Gasteiger partial charge in [-0.2, -0.15) is 0 Å². The molecule has 5 aromatic rings. The van der Waals surface area contributed by atoms with Crippen LogP contribution < -0.4 is 9.30 Å². The van der Waals surface area contributed by atoms with Crippen LogP contribution in [0.2, 0.25) is 0 Å². The van der Waals surface area contributed by atoms with Gasteiger partial charge in [0.1, 0.15) is 29.7 Å². The van der Waals surface area contributed by atoms with Crippen molar-refractivity contribution in [2.45, 2.75) is 27.7 Å². The fraction of sp³-hybridized carbons (Fsp3) is 0.192. The molecule has 3 heterocycles. The van der Waals surface area contributed by atoms with Crippen molar-refractivity contribution in [2.75, 3.05) is 0 Å². The Labute approximate surface area is 169 Å². The number of pyridine rings is 1. The second kappa shape index (κ2) is 5.38. The number of ether oxygens (including phenoxy) is 1. The Morgan fingerprint density at radius 1 is 0.793 bits per heavy atom. The molecule has 0 unspecified atom stereocenters. The van der Waals surface area contributed by atoms with Crippen molar-refractivity contribution in [2.24, 2.45) is 7.05 Å². The summed E-state index contributed by atoms with van der Waals surface area (Å²) in [6, 6.07) is 12.9. The van der Waals surface area contributed by atoms with Gasteiger partial charge in [0.15, 0.2) is 6.20 Å². The highest BCUT2D eigenvalue weighted by Gasteiger charge is 2.32. The summed E-state index contributed by atoms with van der Waals surface area (Å²) >= 11 is 0. The third-order valence-corrected chi connectivity index (χ3v) is 6.41. The molecule has 0 aliphatic carbocycles. The van der Waals surface area contributed by atoms with Crippen LogP contribution in [0.5, 0.6) is 11.5 Å². The quantitative estimate of drug-likeness (QED) is 0.279. The van der Waals surface area contributed by atoms with Crippen LogP contribution in [0.15, 0.2) is 47.0 Å². The topological polar surface area (TPSA) is 26.2 Å². The van der Waals surface area contributed by atoms with Gasteiger partial charge in [-0.1, -0.05) is 18.2 Å². The lowest BCUT2D eigenvalue weighted by atomic mass is 9.90. The van der Waals surface area contributed by atoms with Gasteiger partial charge < -0.3 is 9.15 Å². The van der Waals surface area contributed by atoms with E-state index in [4.69, 9.17) is 9.15 Å². The minimum atomic E-state index is 0.869. The van der Waals surface area contributed by atoms with Crippen LogP contribution in [-0.4, -0.2) is 0 Å². The maximum Gasteiger partial charge on any atom is 0.228 e. The van der Waals surface area contributed by atoms with Gasteiger partial charge in [-0.25, -0.2) is 4.57 Å². The second-order valence-electron chi connectivity index (χ2n) is 8.35. The lowest BCUT2D eigenvalue weighted by Crippen LogP contribution is -2.32. The monoisotopic (exact) mass is 380 g/mol. The molecule has 1 aliphatic heterocycles. The molecule has 0 N–H and O–H groups in total. The van der Waals surface area contributed by atoms with E-state index in [0.29, 0.717) is 0 Å². The van der Waals surface area contributed by atoms with Gasteiger partial charge in [-0.05, 0) is 56.0 Å². The minimum Gasteiger partial charge on any atom is -0.456 e. The number of hydrogen-bond acceptors (Lipinski definition) is 2. The molecule has 0 bridgehead atoms. The first kappa shape index (κ1) is 16.6. The highest BCUT2D eigenvalue weighted by atomic mass is 16.5. The average molecular weight is 380 g/mol. The van der Waals surface area contributed by atoms with Crippen LogP contribution in [0.3, 0.4) is 0 Å². The Bertz CT molecular complexity index is 1520. The number of nitrogens with zero attached hydrogens (tertiary/aromatic N) is 1. The van der Waals surface area contributed by atoms with Gasteiger partial charge in [0, 0.05) is 28.3 Å². The Kier molecular flexibility index (Phi) is 3.08. The first-order valence-corrected chi connectivity index (χ1v) is 10.0. The molecule has 142 valence electrons. The van der Waals surface area contributed by atoms with Gasteiger partial charge in [-0.3, -0.25) is 0 Å². The minimum absolute atomic E-state index is 0.869. The van der Waals surface area contributed by atoms with Gasteiger partial charge in [0.25, 0.3) is 0 Å². The average Bonchev–Trinajstić information content (AvgIpc) is 3.04. The number of hydrogen-bond donors (Lipinski definition) is 0. The molecule has 0 radical (unpaired) electrons. The van der Waals surface area contributed by atoms with Gasteiger partial charge in [0.05, 0.1) is 10.9 Å². The molecule has 0 saturated carbocycles. The lowest BCUT2D eigenvalue weighted by Gasteiger charge is -2.23. The lowest BCUT2D eigenvalue weighted by molar-refractivity contribution is -0.659. The van der Waals surface area contributed by atoms with Gasteiger partial charge in [0.2, 0.25) is 5.69 Å². The molecular weight excluding hydrogens is 358 g/mol.